The molecule has 1 atom stereocenters. The van der Waals surface area contributed by atoms with Crippen molar-refractivity contribution in [1.82, 2.24) is 0 Å². The summed E-state index contributed by atoms with van der Waals surface area (Å²) in [6.45, 7) is 0.667. The number of carbonyl (C=O) groups excluding carboxylic acids is 1. The van der Waals surface area contributed by atoms with Crippen molar-refractivity contribution in [2.24, 2.45) is 0 Å². The van der Waals surface area contributed by atoms with E-state index < -0.39 is 0 Å². The summed E-state index contributed by atoms with van der Waals surface area (Å²) in [6, 6.07) is 15.9. The Hall–Kier alpha value is -2.33. The molecule has 2 aromatic carbocycles. The van der Waals surface area contributed by atoms with Crippen LogP contribution in [0.4, 0.5) is 5.69 Å². The van der Waals surface area contributed by atoms with Crippen LogP contribution >= 0.6 is 0 Å². The molecule has 3 rings (SSSR count). The molecule has 120 valence electrons. The maximum absolute atomic E-state index is 12.2. The molecule has 23 heavy (non-hydrogen) atoms. The number of methoxy groups -OCH3 is 1. The van der Waals surface area contributed by atoms with Gasteiger partial charge < -0.3 is 14.8 Å². The van der Waals surface area contributed by atoms with Gasteiger partial charge in [0.25, 0.3) is 5.91 Å². The van der Waals surface area contributed by atoms with Crippen LogP contribution in [0.5, 0.6) is 5.75 Å². The molecular formula is C19H21NO3. The first-order chi connectivity index (χ1) is 11.3. The average molecular weight is 311 g/mol. The van der Waals surface area contributed by atoms with Gasteiger partial charge in [-0.3, -0.25) is 4.79 Å². The molecular weight excluding hydrogens is 290 g/mol. The quantitative estimate of drug-likeness (QED) is 0.920. The zero-order valence-electron chi connectivity index (χ0n) is 13.2. The number of rotatable bonds is 5. The second kappa shape index (κ2) is 7.29. The van der Waals surface area contributed by atoms with Gasteiger partial charge in [0.1, 0.15) is 11.9 Å². The molecule has 0 radical (unpaired) electrons. The van der Waals surface area contributed by atoms with Crippen LogP contribution in [0.25, 0.3) is 0 Å². The summed E-state index contributed by atoms with van der Waals surface area (Å²) < 4.78 is 10.9. The van der Waals surface area contributed by atoms with E-state index in [1.165, 1.54) is 5.56 Å². The fourth-order valence-electron chi connectivity index (χ4n) is 2.82. The Labute approximate surface area is 136 Å². The van der Waals surface area contributed by atoms with Crippen molar-refractivity contribution in [3.8, 4) is 5.75 Å². The van der Waals surface area contributed by atoms with Crippen molar-refractivity contribution < 1.29 is 14.3 Å². The second-order valence-corrected chi connectivity index (χ2v) is 5.68. The number of benzene rings is 2. The van der Waals surface area contributed by atoms with E-state index in [0.29, 0.717) is 6.61 Å². The molecule has 0 aromatic heterocycles. The third kappa shape index (κ3) is 3.90. The highest BCUT2D eigenvalue weighted by atomic mass is 16.5. The highest BCUT2D eigenvalue weighted by molar-refractivity contribution is 5.94. The minimum atomic E-state index is -0.324. The minimum absolute atomic E-state index is 0.0710. The zero-order valence-corrected chi connectivity index (χ0v) is 13.2. The molecule has 1 aliphatic rings. The van der Waals surface area contributed by atoms with Gasteiger partial charge in [-0.1, -0.05) is 30.3 Å². The first kappa shape index (κ1) is 15.6. The fourth-order valence-corrected chi connectivity index (χ4v) is 2.82. The van der Waals surface area contributed by atoms with E-state index >= 15 is 0 Å². The van der Waals surface area contributed by atoms with Crippen molar-refractivity contribution in [2.45, 2.75) is 25.4 Å². The van der Waals surface area contributed by atoms with Crippen LogP contribution in [0.3, 0.4) is 0 Å². The molecule has 0 spiro atoms. The molecule has 1 fully saturated rings. The smallest absolute Gasteiger partial charge is 0.253 e. The van der Waals surface area contributed by atoms with Crippen molar-refractivity contribution >= 4 is 11.6 Å². The van der Waals surface area contributed by atoms with Gasteiger partial charge in [0, 0.05) is 24.3 Å². The van der Waals surface area contributed by atoms with Gasteiger partial charge in [0.05, 0.1) is 7.11 Å². The van der Waals surface area contributed by atoms with Gasteiger partial charge in [-0.15, -0.1) is 0 Å². The number of nitrogens with one attached hydrogen (secondary N) is 1. The fraction of sp³-hybridized carbons (Fsp3) is 0.316. The topological polar surface area (TPSA) is 47.6 Å². The number of ether oxygens (including phenoxy) is 2. The first-order valence-electron chi connectivity index (χ1n) is 7.89. The lowest BCUT2D eigenvalue weighted by Crippen LogP contribution is -2.26. The van der Waals surface area contributed by atoms with Gasteiger partial charge in [0.15, 0.2) is 0 Å². The monoisotopic (exact) mass is 311 g/mol. The molecule has 1 unspecified atom stereocenters. The summed E-state index contributed by atoms with van der Waals surface area (Å²) in [4.78, 5) is 12.2. The van der Waals surface area contributed by atoms with Crippen LogP contribution in [0.2, 0.25) is 0 Å². The van der Waals surface area contributed by atoms with E-state index in [2.05, 4.69) is 17.4 Å². The lowest BCUT2D eigenvalue weighted by Gasteiger charge is -2.14. The molecule has 1 saturated heterocycles. The molecule has 1 N–H and O–H groups in total. The molecule has 1 amide bonds. The molecule has 0 bridgehead atoms. The van der Waals surface area contributed by atoms with Crippen LogP contribution < -0.4 is 10.1 Å². The van der Waals surface area contributed by atoms with Gasteiger partial charge in [-0.25, -0.2) is 0 Å². The minimum Gasteiger partial charge on any atom is -0.496 e. The van der Waals surface area contributed by atoms with Gasteiger partial charge >= 0.3 is 0 Å². The van der Waals surface area contributed by atoms with E-state index in [-0.39, 0.29) is 12.0 Å². The Kier molecular flexibility index (Phi) is 4.93. The number of hydrogen-bond donors (Lipinski definition) is 1. The Bertz CT molecular complexity index is 664. The van der Waals surface area contributed by atoms with E-state index in [0.717, 1.165) is 36.3 Å². The number of amides is 1. The summed E-state index contributed by atoms with van der Waals surface area (Å²) in [7, 11) is 1.66. The normalized spacial score (nSPS) is 17.0. The summed E-state index contributed by atoms with van der Waals surface area (Å²) in [5, 5.41) is 2.94. The van der Waals surface area contributed by atoms with Crippen molar-refractivity contribution in [3.63, 3.8) is 0 Å². The molecule has 4 heteroatoms. The summed E-state index contributed by atoms with van der Waals surface area (Å²) in [6.07, 6.45) is 2.17. The van der Waals surface area contributed by atoms with Gasteiger partial charge in [0.2, 0.25) is 0 Å². The van der Waals surface area contributed by atoms with E-state index in [9.17, 15) is 4.79 Å². The van der Waals surface area contributed by atoms with Crippen molar-refractivity contribution in [2.75, 3.05) is 19.0 Å². The predicted molar refractivity (Wildman–Crippen MR) is 89.8 cm³/mol. The molecule has 4 nitrogen and oxygen atoms in total. The van der Waals surface area contributed by atoms with Crippen LogP contribution in [-0.2, 0) is 16.0 Å². The Morgan fingerprint density at radius 1 is 1.26 bits per heavy atom. The van der Waals surface area contributed by atoms with Gasteiger partial charge in [-0.05, 0) is 36.6 Å². The second-order valence-electron chi connectivity index (χ2n) is 5.68. The van der Waals surface area contributed by atoms with Gasteiger partial charge in [-0.2, -0.15) is 0 Å². The van der Waals surface area contributed by atoms with E-state index in [1.54, 1.807) is 7.11 Å². The lowest BCUT2D eigenvalue weighted by molar-refractivity contribution is -0.124. The average Bonchev–Trinajstić information content (AvgIpc) is 3.11. The summed E-state index contributed by atoms with van der Waals surface area (Å²) in [5.41, 5.74) is 3.02. The Balaban J connectivity index is 1.76. The number of carbonyl (C=O) groups is 1. The Morgan fingerprint density at radius 2 is 2.09 bits per heavy atom. The summed E-state index contributed by atoms with van der Waals surface area (Å²) in [5.74, 6) is 0.752. The maximum Gasteiger partial charge on any atom is 0.253 e. The standard InChI is InChI=1S/C19H21NO3/c1-22-17-10-9-16(20-19(21)18-8-5-11-23-18)13-15(17)12-14-6-3-2-4-7-14/h2-4,6-7,9-10,13,18H,5,8,11-12H2,1H3,(H,20,21). The predicted octanol–water partition coefficient (Wildman–Crippen LogP) is 3.40. The zero-order chi connectivity index (χ0) is 16.1. The highest BCUT2D eigenvalue weighted by Crippen LogP contribution is 2.26. The van der Waals surface area contributed by atoms with Crippen molar-refractivity contribution in [1.29, 1.82) is 0 Å². The van der Waals surface area contributed by atoms with Crippen LogP contribution in [0.15, 0.2) is 48.5 Å². The van der Waals surface area contributed by atoms with Crippen LogP contribution in [0.1, 0.15) is 24.0 Å². The molecule has 2 aromatic rings. The molecule has 1 aliphatic heterocycles. The highest BCUT2D eigenvalue weighted by Gasteiger charge is 2.23. The first-order valence-corrected chi connectivity index (χ1v) is 7.89. The number of anilines is 1. The molecule has 0 saturated carbocycles. The van der Waals surface area contributed by atoms with E-state index in [1.807, 2.05) is 36.4 Å². The summed E-state index contributed by atoms with van der Waals surface area (Å²) >= 11 is 0. The third-order valence-corrected chi connectivity index (χ3v) is 4.01. The maximum atomic E-state index is 12.2. The molecule has 0 aliphatic carbocycles. The van der Waals surface area contributed by atoms with Crippen LogP contribution in [0, 0.1) is 0 Å². The number of hydrogen-bond acceptors (Lipinski definition) is 3. The Morgan fingerprint density at radius 3 is 2.78 bits per heavy atom. The van der Waals surface area contributed by atoms with Crippen molar-refractivity contribution in [3.05, 3.63) is 59.7 Å². The third-order valence-electron chi connectivity index (χ3n) is 4.01. The lowest BCUT2D eigenvalue weighted by atomic mass is 10.0. The largest absolute Gasteiger partial charge is 0.496 e. The molecule has 1 heterocycles. The SMILES string of the molecule is COc1ccc(NC(=O)C2CCCO2)cc1Cc1ccccc1. The van der Waals surface area contributed by atoms with Crippen LogP contribution in [-0.4, -0.2) is 25.7 Å². The van der Waals surface area contributed by atoms with E-state index in [4.69, 9.17) is 9.47 Å².